The molecule has 2 aliphatic rings. The molecule has 2 aromatic carbocycles. The Labute approximate surface area is 137 Å². The summed E-state index contributed by atoms with van der Waals surface area (Å²) < 4.78 is 0. The minimum absolute atomic E-state index is 0.114. The van der Waals surface area contributed by atoms with Gasteiger partial charge in [-0.2, -0.15) is 0 Å². The first-order valence-electron chi connectivity index (χ1n) is 7.61. The molecule has 1 saturated heterocycles. The van der Waals surface area contributed by atoms with E-state index in [0.717, 1.165) is 16.0 Å². The van der Waals surface area contributed by atoms with Gasteiger partial charge in [-0.15, -0.1) is 0 Å². The van der Waals surface area contributed by atoms with Crippen LogP contribution < -0.4 is 4.90 Å². The molecule has 0 radical (unpaired) electrons. The Balaban J connectivity index is 1.67. The van der Waals surface area contributed by atoms with E-state index in [4.69, 9.17) is 5.11 Å². The second-order valence-corrected chi connectivity index (χ2v) is 5.92. The van der Waals surface area contributed by atoms with Crippen LogP contribution in [0.25, 0.3) is 0 Å². The number of aromatic carboxylic acids is 1. The van der Waals surface area contributed by atoms with Gasteiger partial charge in [-0.05, 0) is 35.4 Å². The van der Waals surface area contributed by atoms with Crippen molar-refractivity contribution in [1.29, 1.82) is 0 Å². The van der Waals surface area contributed by atoms with Gasteiger partial charge >= 0.3 is 12.0 Å². The molecule has 0 spiro atoms. The van der Waals surface area contributed by atoms with E-state index in [1.54, 1.807) is 4.90 Å². The summed E-state index contributed by atoms with van der Waals surface area (Å²) in [6.07, 6.45) is 0.504. The first-order chi connectivity index (χ1) is 11.6. The summed E-state index contributed by atoms with van der Waals surface area (Å²) in [5, 5.41) is 8.96. The molecule has 4 rings (SSSR count). The van der Waals surface area contributed by atoms with E-state index in [0.29, 0.717) is 18.7 Å². The van der Waals surface area contributed by atoms with Gasteiger partial charge < -0.3 is 10.0 Å². The molecule has 1 fully saturated rings. The minimum Gasteiger partial charge on any atom is -0.478 e. The topological polar surface area (TPSA) is 77.9 Å². The summed E-state index contributed by atoms with van der Waals surface area (Å²) in [6.45, 7) is 0.412. The molecular weight excluding hydrogens is 308 g/mol. The van der Waals surface area contributed by atoms with Crippen LogP contribution in [0.2, 0.25) is 0 Å². The third kappa shape index (κ3) is 2.07. The fraction of sp³-hybridized carbons (Fsp3) is 0.167. The summed E-state index contributed by atoms with van der Waals surface area (Å²) in [4.78, 5) is 39.1. The predicted molar refractivity (Wildman–Crippen MR) is 85.8 cm³/mol. The van der Waals surface area contributed by atoms with Crippen molar-refractivity contribution < 1.29 is 19.5 Å². The third-order valence-electron chi connectivity index (χ3n) is 4.56. The highest BCUT2D eigenvalue weighted by atomic mass is 16.4. The molecule has 2 aliphatic heterocycles. The molecular formula is C18H14N2O4. The number of carboxylic acids is 1. The largest absolute Gasteiger partial charge is 0.478 e. The SMILES string of the molecule is O=C(O)c1ccc(N2C(=O)C3Cc4ccccc4CN3C2=O)cc1. The quantitative estimate of drug-likeness (QED) is 0.861. The summed E-state index contributed by atoms with van der Waals surface area (Å²) in [5.74, 6) is -1.31. The molecule has 0 aliphatic carbocycles. The van der Waals surface area contributed by atoms with Gasteiger partial charge in [0.1, 0.15) is 6.04 Å². The van der Waals surface area contributed by atoms with Crippen molar-refractivity contribution in [2.24, 2.45) is 0 Å². The monoisotopic (exact) mass is 322 g/mol. The minimum atomic E-state index is -1.05. The van der Waals surface area contributed by atoms with Gasteiger partial charge in [0.15, 0.2) is 0 Å². The number of carboxylic acid groups (broad SMARTS) is 1. The summed E-state index contributed by atoms with van der Waals surface area (Å²) in [7, 11) is 0. The first kappa shape index (κ1) is 14.4. The average Bonchev–Trinajstić information content (AvgIpc) is 2.84. The van der Waals surface area contributed by atoms with Gasteiger partial charge in [0, 0.05) is 13.0 Å². The van der Waals surface area contributed by atoms with Crippen molar-refractivity contribution in [2.75, 3.05) is 4.90 Å². The van der Waals surface area contributed by atoms with E-state index in [-0.39, 0.29) is 17.5 Å². The lowest BCUT2D eigenvalue weighted by atomic mass is 9.95. The van der Waals surface area contributed by atoms with Crippen LogP contribution in [-0.4, -0.2) is 34.0 Å². The normalized spacial score (nSPS) is 19.2. The van der Waals surface area contributed by atoms with Crippen LogP contribution in [0.3, 0.4) is 0 Å². The lowest BCUT2D eigenvalue weighted by molar-refractivity contribution is -0.120. The highest BCUT2D eigenvalue weighted by molar-refractivity contribution is 6.21. The number of benzene rings is 2. The van der Waals surface area contributed by atoms with Gasteiger partial charge in [0.05, 0.1) is 11.3 Å². The Morgan fingerprint density at radius 3 is 2.33 bits per heavy atom. The molecule has 0 bridgehead atoms. The summed E-state index contributed by atoms with van der Waals surface area (Å²) >= 11 is 0. The predicted octanol–water partition coefficient (Wildman–Crippen LogP) is 2.28. The molecule has 1 N–H and O–H groups in total. The molecule has 120 valence electrons. The number of hydrogen-bond acceptors (Lipinski definition) is 3. The van der Waals surface area contributed by atoms with Crippen LogP contribution in [0.15, 0.2) is 48.5 Å². The molecule has 1 unspecified atom stereocenters. The summed E-state index contributed by atoms with van der Waals surface area (Å²) in [5.41, 5.74) is 2.65. The van der Waals surface area contributed by atoms with Crippen LogP contribution in [0.5, 0.6) is 0 Å². The van der Waals surface area contributed by atoms with Crippen LogP contribution in [-0.2, 0) is 17.8 Å². The van der Waals surface area contributed by atoms with Gasteiger partial charge in [-0.25, -0.2) is 14.5 Å². The van der Waals surface area contributed by atoms with Crippen LogP contribution >= 0.6 is 0 Å². The lowest BCUT2D eigenvalue weighted by Gasteiger charge is -2.28. The maximum atomic E-state index is 12.7. The molecule has 0 saturated carbocycles. The molecule has 6 nitrogen and oxygen atoms in total. The molecule has 2 heterocycles. The van der Waals surface area contributed by atoms with Crippen molar-refractivity contribution in [1.82, 2.24) is 4.90 Å². The van der Waals surface area contributed by atoms with Crippen LogP contribution in [0.4, 0.5) is 10.5 Å². The molecule has 0 aromatic heterocycles. The fourth-order valence-electron chi connectivity index (χ4n) is 3.31. The molecule has 6 heteroatoms. The van der Waals surface area contributed by atoms with Gasteiger partial charge in [-0.1, -0.05) is 24.3 Å². The first-order valence-corrected chi connectivity index (χ1v) is 7.61. The Kier molecular flexibility index (Phi) is 3.13. The fourth-order valence-corrected chi connectivity index (χ4v) is 3.31. The lowest BCUT2D eigenvalue weighted by Crippen LogP contribution is -2.39. The number of fused-ring (bicyclic) bond motifs is 2. The van der Waals surface area contributed by atoms with Crippen molar-refractivity contribution in [2.45, 2.75) is 19.0 Å². The Morgan fingerprint density at radius 2 is 1.67 bits per heavy atom. The van der Waals surface area contributed by atoms with Gasteiger partial charge in [-0.3, -0.25) is 4.79 Å². The second-order valence-electron chi connectivity index (χ2n) is 5.92. The van der Waals surface area contributed by atoms with Gasteiger partial charge in [0.25, 0.3) is 5.91 Å². The van der Waals surface area contributed by atoms with E-state index in [9.17, 15) is 14.4 Å². The average molecular weight is 322 g/mol. The summed E-state index contributed by atoms with van der Waals surface area (Å²) in [6, 6.07) is 12.7. The molecule has 24 heavy (non-hydrogen) atoms. The number of anilines is 1. The molecule has 2 aromatic rings. The van der Waals surface area contributed by atoms with Crippen molar-refractivity contribution in [3.8, 4) is 0 Å². The maximum absolute atomic E-state index is 12.7. The molecule has 1 atom stereocenters. The Morgan fingerprint density at radius 1 is 1.00 bits per heavy atom. The Hall–Kier alpha value is -3.15. The standard InChI is InChI=1S/C18H14N2O4/c21-16-15-9-12-3-1-2-4-13(12)10-19(15)18(24)20(16)14-7-5-11(6-8-14)17(22)23/h1-8,15H,9-10H2,(H,22,23). The second kappa shape index (κ2) is 5.19. The van der Waals surface area contributed by atoms with Crippen LogP contribution in [0.1, 0.15) is 21.5 Å². The number of amides is 3. The third-order valence-corrected chi connectivity index (χ3v) is 4.56. The van der Waals surface area contributed by atoms with E-state index in [2.05, 4.69) is 0 Å². The van der Waals surface area contributed by atoms with E-state index in [1.165, 1.54) is 24.3 Å². The van der Waals surface area contributed by atoms with E-state index < -0.39 is 12.0 Å². The number of nitrogens with zero attached hydrogens (tertiary/aromatic N) is 2. The smallest absolute Gasteiger partial charge is 0.335 e. The number of hydrogen-bond donors (Lipinski definition) is 1. The Bertz CT molecular complexity index is 817. The van der Waals surface area contributed by atoms with Crippen molar-refractivity contribution in [3.63, 3.8) is 0 Å². The van der Waals surface area contributed by atoms with Crippen molar-refractivity contribution in [3.05, 3.63) is 65.2 Å². The van der Waals surface area contributed by atoms with E-state index >= 15 is 0 Å². The zero-order chi connectivity index (χ0) is 16.8. The van der Waals surface area contributed by atoms with Crippen molar-refractivity contribution >= 4 is 23.6 Å². The number of carbonyl (C=O) groups is 3. The number of carbonyl (C=O) groups excluding carboxylic acids is 2. The van der Waals surface area contributed by atoms with Crippen LogP contribution in [0, 0.1) is 0 Å². The number of rotatable bonds is 2. The number of imide groups is 1. The van der Waals surface area contributed by atoms with Gasteiger partial charge in [0.2, 0.25) is 0 Å². The number of urea groups is 1. The highest BCUT2D eigenvalue weighted by Crippen LogP contribution is 2.32. The zero-order valence-electron chi connectivity index (χ0n) is 12.7. The van der Waals surface area contributed by atoms with E-state index in [1.807, 2.05) is 24.3 Å². The molecule has 3 amide bonds. The zero-order valence-corrected chi connectivity index (χ0v) is 12.7. The highest BCUT2D eigenvalue weighted by Gasteiger charge is 2.47. The maximum Gasteiger partial charge on any atom is 0.335 e.